The molecule has 4 heteroatoms. The van der Waals surface area contributed by atoms with Gasteiger partial charge in [0.1, 0.15) is 12.1 Å². The molecule has 92 valence electrons. The number of benzene rings is 1. The molecule has 1 heterocycles. The molecule has 0 aliphatic heterocycles. The fraction of sp³-hybridized carbons (Fsp3) is 0.214. The van der Waals surface area contributed by atoms with E-state index in [9.17, 15) is 9.59 Å². The first-order valence-corrected chi connectivity index (χ1v) is 5.73. The van der Waals surface area contributed by atoms with Crippen molar-refractivity contribution in [3.63, 3.8) is 0 Å². The summed E-state index contributed by atoms with van der Waals surface area (Å²) in [5.41, 5.74) is 0.893. The van der Waals surface area contributed by atoms with Crippen molar-refractivity contribution in [2.45, 2.75) is 6.42 Å². The lowest BCUT2D eigenvalue weighted by atomic mass is 10.2. The molecule has 0 saturated heterocycles. The summed E-state index contributed by atoms with van der Waals surface area (Å²) >= 11 is 0. The number of hydrogen-bond acceptors (Lipinski definition) is 4. The van der Waals surface area contributed by atoms with Crippen LogP contribution in [0.2, 0.25) is 0 Å². The quantitative estimate of drug-likeness (QED) is 0.593. The molecule has 0 bridgehead atoms. The number of likely N-dealkylation sites (N-methyl/N-ethyl adjacent to an activating group) is 1. The zero-order valence-electron chi connectivity index (χ0n) is 10.2. The first-order valence-electron chi connectivity index (χ1n) is 5.73. The van der Waals surface area contributed by atoms with Gasteiger partial charge in [0.25, 0.3) is 0 Å². The van der Waals surface area contributed by atoms with Gasteiger partial charge in [-0.3, -0.25) is 4.79 Å². The minimum absolute atomic E-state index is 0.0437. The Morgan fingerprint density at radius 2 is 2.06 bits per heavy atom. The van der Waals surface area contributed by atoms with Crippen LogP contribution in [0.5, 0.6) is 0 Å². The molecule has 0 atom stereocenters. The van der Waals surface area contributed by atoms with E-state index in [2.05, 4.69) is 4.98 Å². The largest absolute Gasteiger partial charge is 0.352 e. The molecule has 0 N–H and O–H groups in total. The number of carbonyl (C=O) groups excluding carboxylic acids is 2. The molecule has 18 heavy (non-hydrogen) atoms. The highest BCUT2D eigenvalue weighted by atomic mass is 16.1. The van der Waals surface area contributed by atoms with E-state index in [1.54, 1.807) is 11.9 Å². The van der Waals surface area contributed by atoms with Crippen molar-refractivity contribution >= 4 is 28.8 Å². The third-order valence-corrected chi connectivity index (χ3v) is 2.70. The number of aldehydes is 1. The summed E-state index contributed by atoms with van der Waals surface area (Å²) < 4.78 is 0. The lowest BCUT2D eigenvalue weighted by Crippen LogP contribution is -2.26. The fourth-order valence-corrected chi connectivity index (χ4v) is 1.77. The SMILES string of the molecule is CN(CC(=O)CC=O)c1ccc2ccccc2n1. The Morgan fingerprint density at radius 3 is 2.83 bits per heavy atom. The summed E-state index contributed by atoms with van der Waals surface area (Å²) in [6.45, 7) is 0.198. The van der Waals surface area contributed by atoms with Crippen LogP contribution in [0.1, 0.15) is 6.42 Å². The van der Waals surface area contributed by atoms with Gasteiger partial charge in [0.2, 0.25) is 0 Å². The van der Waals surface area contributed by atoms with E-state index in [-0.39, 0.29) is 18.7 Å². The van der Waals surface area contributed by atoms with Crippen LogP contribution in [-0.4, -0.2) is 30.6 Å². The normalized spacial score (nSPS) is 10.3. The van der Waals surface area contributed by atoms with Crippen LogP contribution >= 0.6 is 0 Å². The molecule has 0 amide bonds. The number of para-hydroxylation sites is 1. The maximum atomic E-state index is 11.4. The molecular formula is C14H14N2O2. The van der Waals surface area contributed by atoms with Crippen molar-refractivity contribution in [1.29, 1.82) is 0 Å². The molecule has 2 aromatic rings. The summed E-state index contributed by atoms with van der Waals surface area (Å²) in [6.07, 6.45) is 0.585. The van der Waals surface area contributed by atoms with Crippen LogP contribution in [0.3, 0.4) is 0 Å². The summed E-state index contributed by atoms with van der Waals surface area (Å²) in [7, 11) is 1.79. The first kappa shape index (κ1) is 12.2. The van der Waals surface area contributed by atoms with Gasteiger partial charge in [0, 0.05) is 12.4 Å². The average Bonchev–Trinajstić information content (AvgIpc) is 2.38. The Balaban J connectivity index is 2.20. The third kappa shape index (κ3) is 2.71. The van der Waals surface area contributed by atoms with E-state index in [4.69, 9.17) is 0 Å². The van der Waals surface area contributed by atoms with Crippen LogP contribution in [-0.2, 0) is 9.59 Å². The number of pyridine rings is 1. The van der Waals surface area contributed by atoms with Crippen LogP contribution in [0.15, 0.2) is 36.4 Å². The van der Waals surface area contributed by atoms with Gasteiger partial charge in [0.15, 0.2) is 5.78 Å². The minimum atomic E-state index is -0.109. The number of fused-ring (bicyclic) bond motifs is 1. The lowest BCUT2D eigenvalue weighted by Gasteiger charge is -2.17. The summed E-state index contributed by atoms with van der Waals surface area (Å²) in [6, 6.07) is 11.6. The highest BCUT2D eigenvalue weighted by molar-refractivity contribution is 5.92. The van der Waals surface area contributed by atoms with E-state index < -0.39 is 0 Å². The highest BCUT2D eigenvalue weighted by Gasteiger charge is 2.08. The van der Waals surface area contributed by atoms with E-state index in [1.807, 2.05) is 36.4 Å². The van der Waals surface area contributed by atoms with E-state index in [0.29, 0.717) is 6.29 Å². The summed E-state index contributed by atoms with van der Waals surface area (Å²) in [5, 5.41) is 1.06. The van der Waals surface area contributed by atoms with Crippen molar-refractivity contribution in [3.05, 3.63) is 36.4 Å². The maximum absolute atomic E-state index is 11.4. The Hall–Kier alpha value is -2.23. The Bertz CT molecular complexity index is 581. The van der Waals surface area contributed by atoms with Gasteiger partial charge in [-0.2, -0.15) is 0 Å². The van der Waals surface area contributed by atoms with E-state index >= 15 is 0 Å². The lowest BCUT2D eigenvalue weighted by molar-refractivity contribution is -0.121. The van der Waals surface area contributed by atoms with Gasteiger partial charge in [0.05, 0.1) is 18.5 Å². The average molecular weight is 242 g/mol. The molecule has 0 radical (unpaired) electrons. The number of nitrogens with zero attached hydrogens (tertiary/aromatic N) is 2. The van der Waals surface area contributed by atoms with Crippen molar-refractivity contribution in [1.82, 2.24) is 4.98 Å². The van der Waals surface area contributed by atoms with Gasteiger partial charge in [-0.1, -0.05) is 18.2 Å². The second kappa shape index (κ2) is 5.40. The number of anilines is 1. The predicted molar refractivity (Wildman–Crippen MR) is 70.7 cm³/mol. The van der Waals surface area contributed by atoms with Crippen molar-refractivity contribution < 1.29 is 9.59 Å². The van der Waals surface area contributed by atoms with Gasteiger partial charge in [-0.05, 0) is 18.2 Å². The van der Waals surface area contributed by atoms with E-state index in [0.717, 1.165) is 16.7 Å². The number of Topliss-reactive ketones (excluding diaryl/α,β-unsaturated/α-hetero) is 1. The van der Waals surface area contributed by atoms with Gasteiger partial charge in [-0.25, -0.2) is 4.98 Å². The summed E-state index contributed by atoms with van der Waals surface area (Å²) in [4.78, 5) is 27.9. The number of hydrogen-bond donors (Lipinski definition) is 0. The van der Waals surface area contributed by atoms with Crippen LogP contribution in [0, 0.1) is 0 Å². The predicted octanol–water partition coefficient (Wildman–Crippen LogP) is 1.83. The molecule has 4 nitrogen and oxygen atoms in total. The summed E-state index contributed by atoms with van der Waals surface area (Å²) in [5.74, 6) is 0.621. The maximum Gasteiger partial charge on any atom is 0.159 e. The molecule has 0 aliphatic rings. The smallest absolute Gasteiger partial charge is 0.159 e. The Morgan fingerprint density at radius 1 is 1.28 bits per heavy atom. The van der Waals surface area contributed by atoms with Crippen LogP contribution < -0.4 is 4.90 Å². The van der Waals surface area contributed by atoms with Crippen LogP contribution in [0.4, 0.5) is 5.82 Å². The van der Waals surface area contributed by atoms with Gasteiger partial charge >= 0.3 is 0 Å². The fourth-order valence-electron chi connectivity index (χ4n) is 1.77. The molecule has 0 fully saturated rings. The molecule has 0 saturated carbocycles. The Labute approximate surface area is 105 Å². The van der Waals surface area contributed by atoms with Crippen LogP contribution in [0.25, 0.3) is 10.9 Å². The molecular weight excluding hydrogens is 228 g/mol. The number of rotatable bonds is 5. The molecule has 2 rings (SSSR count). The molecule has 0 aliphatic carbocycles. The number of ketones is 1. The topological polar surface area (TPSA) is 50.3 Å². The standard InChI is InChI=1S/C14H14N2O2/c1-16(10-12(18)8-9-17)14-7-6-11-4-2-3-5-13(11)15-14/h2-7,9H,8,10H2,1H3. The zero-order chi connectivity index (χ0) is 13.0. The molecule has 0 unspecified atom stereocenters. The van der Waals surface area contributed by atoms with Gasteiger partial charge < -0.3 is 9.69 Å². The monoisotopic (exact) mass is 242 g/mol. The minimum Gasteiger partial charge on any atom is -0.352 e. The van der Waals surface area contributed by atoms with Crippen molar-refractivity contribution in [2.24, 2.45) is 0 Å². The van der Waals surface area contributed by atoms with Crippen molar-refractivity contribution in [3.8, 4) is 0 Å². The third-order valence-electron chi connectivity index (χ3n) is 2.70. The number of carbonyl (C=O) groups is 2. The number of aromatic nitrogens is 1. The zero-order valence-corrected chi connectivity index (χ0v) is 10.2. The highest BCUT2D eigenvalue weighted by Crippen LogP contribution is 2.16. The first-order chi connectivity index (χ1) is 8.70. The molecule has 1 aromatic carbocycles. The molecule has 1 aromatic heterocycles. The molecule has 0 spiro atoms. The van der Waals surface area contributed by atoms with Crippen molar-refractivity contribution in [2.75, 3.05) is 18.5 Å². The Kier molecular flexibility index (Phi) is 3.67. The second-order valence-electron chi connectivity index (χ2n) is 4.13. The van der Waals surface area contributed by atoms with E-state index in [1.165, 1.54) is 0 Å². The second-order valence-corrected chi connectivity index (χ2v) is 4.13. The van der Waals surface area contributed by atoms with Gasteiger partial charge in [-0.15, -0.1) is 0 Å².